The van der Waals surface area contributed by atoms with E-state index in [2.05, 4.69) is 0 Å². The SMILES string of the molecule is CCc1cc(Oc2coc3cc(OCC#N)ccc3c2=O)ccc1C(=O)[O-]. The van der Waals surface area contributed by atoms with Crippen LogP contribution in [0.25, 0.3) is 11.0 Å². The summed E-state index contributed by atoms with van der Waals surface area (Å²) in [5, 5.41) is 19.9. The molecule has 0 N–H and O–H groups in total. The van der Waals surface area contributed by atoms with E-state index in [1.165, 1.54) is 30.5 Å². The highest BCUT2D eigenvalue weighted by molar-refractivity contribution is 5.88. The van der Waals surface area contributed by atoms with Crippen molar-refractivity contribution in [2.45, 2.75) is 13.3 Å². The van der Waals surface area contributed by atoms with Gasteiger partial charge >= 0.3 is 0 Å². The number of carboxylic acid groups (broad SMARTS) is 1. The van der Waals surface area contributed by atoms with E-state index < -0.39 is 5.97 Å². The van der Waals surface area contributed by atoms with Crippen molar-refractivity contribution in [2.75, 3.05) is 6.61 Å². The summed E-state index contributed by atoms with van der Waals surface area (Å²) in [6.07, 6.45) is 1.65. The summed E-state index contributed by atoms with van der Waals surface area (Å²) in [5.74, 6) is -0.571. The minimum Gasteiger partial charge on any atom is -0.545 e. The van der Waals surface area contributed by atoms with Crippen LogP contribution in [-0.4, -0.2) is 12.6 Å². The highest BCUT2D eigenvalue weighted by atomic mass is 16.5. The van der Waals surface area contributed by atoms with Gasteiger partial charge in [0, 0.05) is 11.6 Å². The fourth-order valence-corrected chi connectivity index (χ4v) is 2.62. The number of benzene rings is 2. The van der Waals surface area contributed by atoms with Crippen LogP contribution < -0.4 is 20.0 Å². The lowest BCUT2D eigenvalue weighted by Crippen LogP contribution is -2.23. The maximum absolute atomic E-state index is 12.6. The first kappa shape index (κ1) is 18.0. The quantitative estimate of drug-likeness (QED) is 0.660. The van der Waals surface area contributed by atoms with Crippen molar-refractivity contribution in [3.05, 3.63) is 64.0 Å². The molecule has 1 aromatic heterocycles. The number of aryl methyl sites for hydroxylation is 1. The van der Waals surface area contributed by atoms with Gasteiger partial charge in [-0.05, 0) is 42.3 Å². The van der Waals surface area contributed by atoms with E-state index in [1.807, 2.05) is 13.0 Å². The van der Waals surface area contributed by atoms with Crippen molar-refractivity contribution >= 4 is 16.9 Å². The molecule has 0 unspecified atom stereocenters. The zero-order valence-electron chi connectivity index (χ0n) is 14.4. The van der Waals surface area contributed by atoms with E-state index in [1.54, 1.807) is 12.1 Å². The summed E-state index contributed by atoms with van der Waals surface area (Å²) in [5.41, 5.74) is 0.534. The number of carboxylic acids is 1. The Hall–Kier alpha value is -3.79. The molecule has 7 nitrogen and oxygen atoms in total. The molecule has 7 heteroatoms. The van der Waals surface area contributed by atoms with Crippen molar-refractivity contribution in [3.63, 3.8) is 0 Å². The highest BCUT2D eigenvalue weighted by Gasteiger charge is 2.12. The largest absolute Gasteiger partial charge is 0.545 e. The molecule has 0 fully saturated rings. The van der Waals surface area contributed by atoms with E-state index in [0.29, 0.717) is 34.5 Å². The predicted octanol–water partition coefficient (Wildman–Crippen LogP) is 2.41. The molecule has 3 rings (SSSR count). The van der Waals surface area contributed by atoms with E-state index in [9.17, 15) is 14.7 Å². The van der Waals surface area contributed by atoms with E-state index >= 15 is 0 Å². The Morgan fingerprint density at radius 1 is 1.22 bits per heavy atom. The molecular formula is C20H14NO6-. The normalized spacial score (nSPS) is 10.4. The Balaban J connectivity index is 1.94. The topological polar surface area (TPSA) is 113 Å². The number of carbonyl (C=O) groups excluding carboxylic acids is 1. The first-order valence-electron chi connectivity index (χ1n) is 8.11. The third-order valence-electron chi connectivity index (χ3n) is 3.92. The van der Waals surface area contributed by atoms with Gasteiger partial charge in [0.2, 0.25) is 11.2 Å². The first-order chi connectivity index (χ1) is 13.0. The molecule has 1 heterocycles. The summed E-state index contributed by atoms with van der Waals surface area (Å²) >= 11 is 0. The lowest BCUT2D eigenvalue weighted by molar-refractivity contribution is -0.255. The molecule has 0 amide bonds. The number of rotatable bonds is 6. The van der Waals surface area contributed by atoms with Crippen LogP contribution in [0.1, 0.15) is 22.8 Å². The number of nitriles is 1. The summed E-state index contributed by atoms with van der Waals surface area (Å²) in [6.45, 7) is 1.69. The molecule has 0 aliphatic carbocycles. The third-order valence-corrected chi connectivity index (χ3v) is 3.92. The van der Waals surface area contributed by atoms with Crippen LogP contribution >= 0.6 is 0 Å². The van der Waals surface area contributed by atoms with E-state index in [4.69, 9.17) is 19.2 Å². The molecule has 0 radical (unpaired) electrons. The number of aromatic carboxylic acids is 1. The Morgan fingerprint density at radius 3 is 2.70 bits per heavy atom. The number of carbonyl (C=O) groups is 1. The molecule has 0 aliphatic heterocycles. The minimum atomic E-state index is -1.27. The molecule has 0 saturated heterocycles. The van der Waals surface area contributed by atoms with E-state index in [-0.39, 0.29) is 23.3 Å². The summed E-state index contributed by atoms with van der Waals surface area (Å²) in [4.78, 5) is 23.7. The summed E-state index contributed by atoms with van der Waals surface area (Å²) in [7, 11) is 0. The number of nitrogens with zero attached hydrogens (tertiary/aromatic N) is 1. The van der Waals surface area contributed by atoms with Gasteiger partial charge in [-0.25, -0.2) is 0 Å². The van der Waals surface area contributed by atoms with Crippen molar-refractivity contribution in [1.29, 1.82) is 5.26 Å². The maximum Gasteiger partial charge on any atom is 0.235 e. The number of hydrogen-bond donors (Lipinski definition) is 0. The second-order valence-corrected chi connectivity index (χ2v) is 5.60. The molecule has 0 bridgehead atoms. The van der Waals surface area contributed by atoms with Crippen LogP contribution in [0.2, 0.25) is 0 Å². The third kappa shape index (κ3) is 3.75. The fourth-order valence-electron chi connectivity index (χ4n) is 2.62. The monoisotopic (exact) mass is 364 g/mol. The molecule has 0 atom stereocenters. The van der Waals surface area contributed by atoms with Gasteiger partial charge in [-0.2, -0.15) is 5.26 Å². The lowest BCUT2D eigenvalue weighted by Gasteiger charge is -2.12. The number of fused-ring (bicyclic) bond motifs is 1. The van der Waals surface area contributed by atoms with Gasteiger partial charge in [-0.1, -0.05) is 6.92 Å². The summed E-state index contributed by atoms with van der Waals surface area (Å²) < 4.78 is 16.2. The minimum absolute atomic E-state index is 0.0311. The Morgan fingerprint density at radius 2 is 2.00 bits per heavy atom. The van der Waals surface area contributed by atoms with Crippen molar-refractivity contribution < 1.29 is 23.8 Å². The van der Waals surface area contributed by atoms with Crippen LogP contribution in [0, 0.1) is 11.3 Å². The van der Waals surface area contributed by atoms with Gasteiger partial charge in [-0.15, -0.1) is 0 Å². The van der Waals surface area contributed by atoms with Gasteiger partial charge in [0.25, 0.3) is 0 Å². The van der Waals surface area contributed by atoms with Gasteiger partial charge in [-0.3, -0.25) is 4.79 Å². The molecular weight excluding hydrogens is 350 g/mol. The lowest BCUT2D eigenvalue weighted by atomic mass is 10.1. The molecule has 0 spiro atoms. The number of hydrogen-bond acceptors (Lipinski definition) is 7. The number of ether oxygens (including phenoxy) is 2. The average Bonchev–Trinajstić information content (AvgIpc) is 2.68. The second kappa shape index (κ2) is 7.62. The van der Waals surface area contributed by atoms with Crippen LogP contribution in [0.5, 0.6) is 17.2 Å². The molecule has 0 aliphatic rings. The van der Waals surface area contributed by atoms with E-state index in [0.717, 1.165) is 0 Å². The molecule has 136 valence electrons. The maximum atomic E-state index is 12.6. The molecule has 27 heavy (non-hydrogen) atoms. The predicted molar refractivity (Wildman–Crippen MR) is 93.8 cm³/mol. The standard InChI is InChI=1S/C20H15NO6/c1-2-12-9-14(4-5-15(12)20(23)24)27-18-11-26-17-10-13(25-8-7-21)3-6-16(17)19(18)22/h3-6,9-11H,2,8H2,1H3,(H,23,24)/p-1. The zero-order valence-corrected chi connectivity index (χ0v) is 14.4. The van der Waals surface area contributed by atoms with Crippen LogP contribution in [-0.2, 0) is 6.42 Å². The smallest absolute Gasteiger partial charge is 0.235 e. The van der Waals surface area contributed by atoms with Gasteiger partial charge < -0.3 is 23.8 Å². The zero-order chi connectivity index (χ0) is 19.4. The Labute approximate surface area is 154 Å². The van der Waals surface area contributed by atoms with Gasteiger partial charge in [0.05, 0.1) is 11.4 Å². The Kier molecular flexibility index (Phi) is 5.08. The van der Waals surface area contributed by atoms with Gasteiger partial charge in [0.15, 0.2) is 6.61 Å². The first-order valence-corrected chi connectivity index (χ1v) is 8.11. The molecule has 0 saturated carbocycles. The van der Waals surface area contributed by atoms with Crippen LogP contribution in [0.4, 0.5) is 0 Å². The van der Waals surface area contributed by atoms with Crippen LogP contribution in [0.15, 0.2) is 51.9 Å². The summed E-state index contributed by atoms with van der Waals surface area (Å²) in [6, 6.07) is 10.8. The highest BCUT2D eigenvalue weighted by Crippen LogP contribution is 2.25. The van der Waals surface area contributed by atoms with Gasteiger partial charge in [0.1, 0.15) is 29.4 Å². The Bertz CT molecular complexity index is 1110. The molecule has 2 aromatic carbocycles. The van der Waals surface area contributed by atoms with Crippen molar-refractivity contribution in [1.82, 2.24) is 0 Å². The molecule has 3 aromatic rings. The second-order valence-electron chi connectivity index (χ2n) is 5.60. The average molecular weight is 364 g/mol. The van der Waals surface area contributed by atoms with Crippen molar-refractivity contribution in [2.24, 2.45) is 0 Å². The fraction of sp³-hybridized carbons (Fsp3) is 0.150. The van der Waals surface area contributed by atoms with Crippen molar-refractivity contribution in [3.8, 4) is 23.3 Å². The van der Waals surface area contributed by atoms with Crippen LogP contribution in [0.3, 0.4) is 0 Å².